The fourth-order valence-corrected chi connectivity index (χ4v) is 5.11. The third kappa shape index (κ3) is 3.32. The standard InChI is InChI=1S/C18H26N2O2S/c21-17(11-15-4-10-23-13-15)20-8-5-18(14-20)12-16(3-9-22-18)19-6-1-2-7-19/h4,10,13,16H,1-3,5-9,11-12,14H2/t16-,18+/m0/s1. The molecule has 0 saturated carbocycles. The third-order valence-electron chi connectivity index (χ3n) is 5.73. The van der Waals surface area contributed by atoms with E-state index in [2.05, 4.69) is 16.3 Å². The van der Waals surface area contributed by atoms with Crippen LogP contribution in [0.1, 0.15) is 37.7 Å². The number of amides is 1. The van der Waals surface area contributed by atoms with Crippen molar-refractivity contribution in [3.63, 3.8) is 0 Å². The Labute approximate surface area is 142 Å². The molecule has 1 aromatic heterocycles. The summed E-state index contributed by atoms with van der Waals surface area (Å²) in [5, 5.41) is 4.11. The number of ether oxygens (including phenoxy) is 1. The second kappa shape index (κ2) is 6.54. The number of carbonyl (C=O) groups is 1. The second-order valence-electron chi connectivity index (χ2n) is 7.29. The van der Waals surface area contributed by atoms with Gasteiger partial charge < -0.3 is 14.5 Å². The van der Waals surface area contributed by atoms with Crippen LogP contribution in [0.25, 0.3) is 0 Å². The molecule has 3 aliphatic heterocycles. The normalized spacial score (nSPS) is 32.0. The Kier molecular flexibility index (Phi) is 4.43. The van der Waals surface area contributed by atoms with E-state index in [9.17, 15) is 4.79 Å². The van der Waals surface area contributed by atoms with Crippen LogP contribution in [0.5, 0.6) is 0 Å². The lowest BCUT2D eigenvalue weighted by Crippen LogP contribution is -2.49. The third-order valence-corrected chi connectivity index (χ3v) is 6.46. The van der Waals surface area contributed by atoms with Gasteiger partial charge in [-0.1, -0.05) is 0 Å². The van der Waals surface area contributed by atoms with Crippen LogP contribution in [0.4, 0.5) is 0 Å². The Morgan fingerprint density at radius 1 is 1.35 bits per heavy atom. The number of nitrogens with zero attached hydrogens (tertiary/aromatic N) is 2. The average Bonchev–Trinajstić information content (AvgIpc) is 3.29. The number of likely N-dealkylation sites (tertiary alicyclic amines) is 2. The lowest BCUT2D eigenvalue weighted by Gasteiger charge is -2.41. The number of rotatable bonds is 3. The number of thiophene rings is 1. The van der Waals surface area contributed by atoms with E-state index in [4.69, 9.17) is 4.74 Å². The van der Waals surface area contributed by atoms with Gasteiger partial charge in [-0.15, -0.1) is 0 Å². The van der Waals surface area contributed by atoms with Gasteiger partial charge in [0.2, 0.25) is 5.91 Å². The second-order valence-corrected chi connectivity index (χ2v) is 8.07. The maximum Gasteiger partial charge on any atom is 0.227 e. The molecule has 0 radical (unpaired) electrons. The van der Waals surface area contributed by atoms with Gasteiger partial charge in [-0.3, -0.25) is 4.79 Å². The first-order chi connectivity index (χ1) is 11.2. The Balaban J connectivity index is 1.37. The van der Waals surface area contributed by atoms with Crippen molar-refractivity contribution in [2.75, 3.05) is 32.8 Å². The van der Waals surface area contributed by atoms with Crippen LogP contribution in [0.2, 0.25) is 0 Å². The van der Waals surface area contributed by atoms with Crippen LogP contribution in [-0.2, 0) is 16.0 Å². The maximum absolute atomic E-state index is 12.5. The molecule has 4 nitrogen and oxygen atoms in total. The molecule has 126 valence electrons. The van der Waals surface area contributed by atoms with Gasteiger partial charge in [-0.05, 0) is 67.6 Å². The van der Waals surface area contributed by atoms with E-state index in [1.165, 1.54) is 25.9 Å². The van der Waals surface area contributed by atoms with E-state index in [-0.39, 0.29) is 11.5 Å². The van der Waals surface area contributed by atoms with Gasteiger partial charge in [-0.25, -0.2) is 0 Å². The molecule has 0 aliphatic carbocycles. The molecule has 2 atom stereocenters. The van der Waals surface area contributed by atoms with E-state index < -0.39 is 0 Å². The van der Waals surface area contributed by atoms with Crippen molar-refractivity contribution in [2.24, 2.45) is 0 Å². The molecule has 3 fully saturated rings. The Bertz CT molecular complexity index is 541. The first-order valence-corrected chi connectivity index (χ1v) is 9.85. The molecule has 1 spiro atoms. The fourth-order valence-electron chi connectivity index (χ4n) is 4.44. The monoisotopic (exact) mass is 334 g/mol. The van der Waals surface area contributed by atoms with Gasteiger partial charge in [0.15, 0.2) is 0 Å². The van der Waals surface area contributed by atoms with Crippen LogP contribution in [0.15, 0.2) is 16.8 Å². The highest BCUT2D eigenvalue weighted by molar-refractivity contribution is 7.07. The first-order valence-electron chi connectivity index (χ1n) is 8.91. The summed E-state index contributed by atoms with van der Waals surface area (Å²) < 4.78 is 6.21. The Morgan fingerprint density at radius 3 is 3.00 bits per heavy atom. The molecule has 1 amide bonds. The highest BCUT2D eigenvalue weighted by Gasteiger charge is 2.45. The van der Waals surface area contributed by atoms with E-state index in [1.54, 1.807) is 11.3 Å². The fraction of sp³-hybridized carbons (Fsp3) is 0.722. The molecule has 23 heavy (non-hydrogen) atoms. The van der Waals surface area contributed by atoms with Crippen LogP contribution in [-0.4, -0.2) is 60.1 Å². The molecule has 5 heteroatoms. The van der Waals surface area contributed by atoms with Crippen molar-refractivity contribution in [1.29, 1.82) is 0 Å². The van der Waals surface area contributed by atoms with Crippen LogP contribution >= 0.6 is 11.3 Å². The van der Waals surface area contributed by atoms with Crippen molar-refractivity contribution in [3.8, 4) is 0 Å². The highest BCUT2D eigenvalue weighted by Crippen LogP contribution is 2.37. The zero-order valence-electron chi connectivity index (χ0n) is 13.7. The molecule has 0 N–H and O–H groups in total. The Hall–Kier alpha value is -0.910. The smallest absolute Gasteiger partial charge is 0.227 e. The summed E-state index contributed by atoms with van der Waals surface area (Å²) in [6, 6.07) is 2.72. The van der Waals surface area contributed by atoms with Gasteiger partial charge in [0.05, 0.1) is 12.0 Å². The minimum absolute atomic E-state index is 0.0736. The summed E-state index contributed by atoms with van der Waals surface area (Å²) in [6.45, 7) is 5.01. The van der Waals surface area contributed by atoms with Crippen molar-refractivity contribution in [2.45, 2.75) is 50.2 Å². The summed E-state index contributed by atoms with van der Waals surface area (Å²) in [5.41, 5.74) is 1.07. The average molecular weight is 334 g/mol. The van der Waals surface area contributed by atoms with Crippen LogP contribution in [0.3, 0.4) is 0 Å². The molecular weight excluding hydrogens is 308 g/mol. The van der Waals surface area contributed by atoms with Gasteiger partial charge >= 0.3 is 0 Å². The quantitative estimate of drug-likeness (QED) is 0.852. The van der Waals surface area contributed by atoms with Gasteiger partial charge in [0, 0.05) is 25.7 Å². The minimum Gasteiger partial charge on any atom is -0.373 e. The summed E-state index contributed by atoms with van der Waals surface area (Å²) in [7, 11) is 0. The van der Waals surface area contributed by atoms with Gasteiger partial charge in [-0.2, -0.15) is 11.3 Å². The molecule has 0 bridgehead atoms. The van der Waals surface area contributed by atoms with E-state index in [1.807, 2.05) is 10.3 Å². The lowest BCUT2D eigenvalue weighted by atomic mass is 9.89. The van der Waals surface area contributed by atoms with Crippen molar-refractivity contribution >= 4 is 17.2 Å². The van der Waals surface area contributed by atoms with E-state index in [0.717, 1.165) is 44.5 Å². The van der Waals surface area contributed by atoms with Gasteiger partial charge in [0.1, 0.15) is 0 Å². The lowest BCUT2D eigenvalue weighted by molar-refractivity contribution is -0.133. The predicted molar refractivity (Wildman–Crippen MR) is 91.7 cm³/mol. The molecule has 1 aromatic rings. The summed E-state index contributed by atoms with van der Waals surface area (Å²) in [4.78, 5) is 17.2. The Morgan fingerprint density at radius 2 is 2.22 bits per heavy atom. The van der Waals surface area contributed by atoms with E-state index in [0.29, 0.717) is 12.5 Å². The zero-order chi connectivity index (χ0) is 15.7. The number of carbonyl (C=O) groups excluding carboxylic acids is 1. The summed E-state index contributed by atoms with van der Waals surface area (Å²) in [6.07, 6.45) is 6.49. The summed E-state index contributed by atoms with van der Waals surface area (Å²) >= 11 is 1.66. The van der Waals surface area contributed by atoms with Gasteiger partial charge in [0.25, 0.3) is 0 Å². The molecule has 0 aromatic carbocycles. The van der Waals surface area contributed by atoms with Crippen molar-refractivity contribution in [3.05, 3.63) is 22.4 Å². The maximum atomic E-state index is 12.5. The molecule has 0 unspecified atom stereocenters. The molecule has 4 heterocycles. The van der Waals surface area contributed by atoms with Crippen LogP contribution in [0, 0.1) is 0 Å². The number of hydrogen-bond donors (Lipinski definition) is 0. The van der Waals surface area contributed by atoms with Crippen molar-refractivity contribution < 1.29 is 9.53 Å². The minimum atomic E-state index is -0.0736. The number of hydrogen-bond acceptors (Lipinski definition) is 4. The SMILES string of the molecule is O=C(Cc1ccsc1)N1CC[C@@]2(C[C@@H](N3CCCC3)CCO2)C1. The molecule has 3 aliphatic rings. The highest BCUT2D eigenvalue weighted by atomic mass is 32.1. The van der Waals surface area contributed by atoms with Crippen molar-refractivity contribution in [1.82, 2.24) is 9.80 Å². The predicted octanol–water partition coefficient (Wildman–Crippen LogP) is 2.54. The topological polar surface area (TPSA) is 32.8 Å². The first kappa shape index (κ1) is 15.6. The molecule has 3 saturated heterocycles. The largest absolute Gasteiger partial charge is 0.373 e. The van der Waals surface area contributed by atoms with E-state index >= 15 is 0 Å². The summed E-state index contributed by atoms with van der Waals surface area (Å²) in [5.74, 6) is 0.257. The molecular formula is C18H26N2O2S. The molecule has 4 rings (SSSR count). The zero-order valence-corrected chi connectivity index (χ0v) is 14.5. The van der Waals surface area contributed by atoms with Crippen LogP contribution < -0.4 is 0 Å².